The van der Waals surface area contributed by atoms with Crippen molar-refractivity contribution in [1.29, 1.82) is 0 Å². The monoisotopic (exact) mass is 298 g/mol. The molecule has 0 aromatic carbocycles. The predicted octanol–water partition coefficient (Wildman–Crippen LogP) is 2.20. The van der Waals surface area contributed by atoms with Crippen molar-refractivity contribution in [3.8, 4) is 0 Å². The summed E-state index contributed by atoms with van der Waals surface area (Å²) in [5.41, 5.74) is 0.425. The molecule has 6 heteroatoms. The molecule has 0 saturated heterocycles. The lowest BCUT2D eigenvalue weighted by atomic mass is 10.3. The summed E-state index contributed by atoms with van der Waals surface area (Å²) < 4.78 is 1.44. The van der Waals surface area contributed by atoms with Crippen molar-refractivity contribution in [2.45, 2.75) is 45.2 Å². The van der Waals surface area contributed by atoms with Gasteiger partial charge in [0.25, 0.3) is 5.56 Å². The van der Waals surface area contributed by atoms with E-state index in [9.17, 15) is 4.79 Å². The van der Waals surface area contributed by atoms with E-state index >= 15 is 0 Å². The molecule has 5 nitrogen and oxygen atoms in total. The first-order valence-electron chi connectivity index (χ1n) is 7.33. The minimum atomic E-state index is -0.208. The zero-order chi connectivity index (χ0) is 14.5. The third kappa shape index (κ3) is 3.96. The molecular formula is C14H23ClN4O. The van der Waals surface area contributed by atoms with Crippen LogP contribution in [0.5, 0.6) is 0 Å². The van der Waals surface area contributed by atoms with E-state index in [1.54, 1.807) is 6.20 Å². The quantitative estimate of drug-likeness (QED) is 0.799. The SMILES string of the molecule is CCCCn1ncc(NCCN(C)C2CC2)c(Cl)c1=O. The number of aryl methyl sites for hydroxylation is 1. The molecule has 1 aliphatic carbocycles. The summed E-state index contributed by atoms with van der Waals surface area (Å²) in [5, 5.41) is 7.61. The fraction of sp³-hybridized carbons (Fsp3) is 0.714. The van der Waals surface area contributed by atoms with Crippen LogP contribution in [0.4, 0.5) is 5.69 Å². The van der Waals surface area contributed by atoms with E-state index in [0.29, 0.717) is 12.2 Å². The molecule has 1 fully saturated rings. The van der Waals surface area contributed by atoms with Gasteiger partial charge in [-0.3, -0.25) is 4.79 Å². The maximum atomic E-state index is 12.0. The average molecular weight is 299 g/mol. The van der Waals surface area contributed by atoms with Crippen molar-refractivity contribution >= 4 is 17.3 Å². The third-order valence-corrected chi connectivity index (χ3v) is 4.02. The number of nitrogens with one attached hydrogen (secondary N) is 1. The molecule has 1 aromatic heterocycles. The Balaban J connectivity index is 1.91. The van der Waals surface area contributed by atoms with Crippen LogP contribution in [0.15, 0.2) is 11.0 Å². The van der Waals surface area contributed by atoms with Crippen LogP contribution in [0.3, 0.4) is 0 Å². The van der Waals surface area contributed by atoms with Crippen LogP contribution in [-0.4, -0.2) is 40.9 Å². The van der Waals surface area contributed by atoms with Crippen LogP contribution in [0.25, 0.3) is 0 Å². The van der Waals surface area contributed by atoms with Gasteiger partial charge >= 0.3 is 0 Å². The Hall–Kier alpha value is -1.07. The van der Waals surface area contributed by atoms with E-state index in [-0.39, 0.29) is 10.6 Å². The largest absolute Gasteiger partial charge is 0.381 e. The van der Waals surface area contributed by atoms with Crippen LogP contribution >= 0.6 is 11.6 Å². The lowest BCUT2D eigenvalue weighted by molar-refractivity contribution is 0.337. The Morgan fingerprint density at radius 1 is 1.55 bits per heavy atom. The Morgan fingerprint density at radius 3 is 2.95 bits per heavy atom. The topological polar surface area (TPSA) is 50.2 Å². The standard InChI is InChI=1S/C14H23ClN4O/c1-3-4-8-19-14(20)13(15)12(10-17-19)16-7-9-18(2)11-5-6-11/h10-11,16H,3-9H2,1-2H3. The summed E-state index contributed by atoms with van der Waals surface area (Å²) in [6, 6.07) is 0.743. The van der Waals surface area contributed by atoms with Gasteiger partial charge in [0.2, 0.25) is 0 Å². The van der Waals surface area contributed by atoms with Gasteiger partial charge in [-0.15, -0.1) is 0 Å². The first-order valence-corrected chi connectivity index (χ1v) is 7.71. The second kappa shape index (κ2) is 7.09. The molecule has 1 aliphatic rings. The fourth-order valence-corrected chi connectivity index (χ4v) is 2.33. The lowest BCUT2D eigenvalue weighted by Gasteiger charge is -2.16. The molecule has 0 radical (unpaired) electrons. The number of hydrogen-bond acceptors (Lipinski definition) is 4. The number of unbranched alkanes of at least 4 members (excludes halogenated alkanes) is 1. The zero-order valence-corrected chi connectivity index (χ0v) is 13.0. The molecule has 0 bridgehead atoms. The molecule has 1 aromatic rings. The molecule has 112 valence electrons. The van der Waals surface area contributed by atoms with Crippen LogP contribution < -0.4 is 10.9 Å². The van der Waals surface area contributed by atoms with Crippen LogP contribution in [0.2, 0.25) is 5.02 Å². The van der Waals surface area contributed by atoms with E-state index in [2.05, 4.69) is 29.3 Å². The number of aromatic nitrogens is 2. The van der Waals surface area contributed by atoms with Gasteiger partial charge in [-0.2, -0.15) is 5.10 Å². The van der Waals surface area contributed by atoms with Gasteiger partial charge in [0, 0.05) is 25.7 Å². The molecule has 20 heavy (non-hydrogen) atoms. The Labute approximate surface area is 124 Å². The number of rotatable bonds is 8. The van der Waals surface area contributed by atoms with Crippen molar-refractivity contribution in [3.05, 3.63) is 21.6 Å². The van der Waals surface area contributed by atoms with E-state index < -0.39 is 0 Å². The van der Waals surface area contributed by atoms with E-state index in [1.807, 2.05) is 0 Å². The first kappa shape index (κ1) is 15.3. The summed E-state index contributed by atoms with van der Waals surface area (Å²) in [7, 11) is 2.13. The number of hydrogen-bond donors (Lipinski definition) is 1. The second-order valence-electron chi connectivity index (χ2n) is 5.39. The van der Waals surface area contributed by atoms with E-state index in [0.717, 1.165) is 32.0 Å². The van der Waals surface area contributed by atoms with Crippen LogP contribution in [0, 0.1) is 0 Å². The smallest absolute Gasteiger partial charge is 0.287 e. The lowest BCUT2D eigenvalue weighted by Crippen LogP contribution is -2.28. The van der Waals surface area contributed by atoms with Crippen molar-refractivity contribution in [3.63, 3.8) is 0 Å². The van der Waals surface area contributed by atoms with Gasteiger partial charge < -0.3 is 10.2 Å². The highest BCUT2D eigenvalue weighted by molar-refractivity contribution is 6.32. The summed E-state index contributed by atoms with van der Waals surface area (Å²) in [4.78, 5) is 14.4. The maximum Gasteiger partial charge on any atom is 0.287 e. The first-order chi connectivity index (χ1) is 9.63. The summed E-state index contributed by atoms with van der Waals surface area (Å²) >= 11 is 6.12. The van der Waals surface area contributed by atoms with Crippen molar-refractivity contribution in [2.24, 2.45) is 0 Å². The maximum absolute atomic E-state index is 12.0. The Morgan fingerprint density at radius 2 is 2.30 bits per heavy atom. The van der Waals surface area contributed by atoms with Gasteiger partial charge in [0.1, 0.15) is 5.02 Å². The molecule has 0 atom stereocenters. The predicted molar refractivity (Wildman–Crippen MR) is 82.6 cm³/mol. The molecule has 1 N–H and O–H groups in total. The Kier molecular flexibility index (Phi) is 5.43. The van der Waals surface area contributed by atoms with Crippen molar-refractivity contribution in [1.82, 2.24) is 14.7 Å². The fourth-order valence-electron chi connectivity index (χ4n) is 2.12. The number of nitrogens with zero attached hydrogens (tertiary/aromatic N) is 3. The van der Waals surface area contributed by atoms with Gasteiger partial charge in [-0.1, -0.05) is 24.9 Å². The van der Waals surface area contributed by atoms with Gasteiger partial charge in [0.05, 0.1) is 11.9 Å². The molecule has 0 unspecified atom stereocenters. The normalized spacial score (nSPS) is 14.8. The number of likely N-dealkylation sites (N-methyl/N-ethyl adjacent to an activating group) is 1. The van der Waals surface area contributed by atoms with Gasteiger partial charge in [0.15, 0.2) is 0 Å². The third-order valence-electron chi connectivity index (χ3n) is 3.66. The van der Waals surface area contributed by atoms with Gasteiger partial charge in [-0.05, 0) is 26.3 Å². The highest BCUT2D eigenvalue weighted by Crippen LogP contribution is 2.24. The molecule has 0 aliphatic heterocycles. The second-order valence-corrected chi connectivity index (χ2v) is 5.77. The average Bonchev–Trinajstić information content (AvgIpc) is 3.27. The number of halogens is 1. The summed E-state index contributed by atoms with van der Waals surface area (Å²) in [6.07, 6.45) is 6.20. The molecule has 1 heterocycles. The zero-order valence-electron chi connectivity index (χ0n) is 12.2. The van der Waals surface area contributed by atoms with Crippen molar-refractivity contribution in [2.75, 3.05) is 25.5 Å². The number of anilines is 1. The van der Waals surface area contributed by atoms with E-state index in [4.69, 9.17) is 11.6 Å². The highest BCUT2D eigenvalue weighted by atomic mass is 35.5. The van der Waals surface area contributed by atoms with Crippen LogP contribution in [-0.2, 0) is 6.54 Å². The Bertz CT molecular complexity index is 498. The molecule has 1 saturated carbocycles. The molecule has 0 spiro atoms. The minimum Gasteiger partial charge on any atom is -0.381 e. The van der Waals surface area contributed by atoms with E-state index in [1.165, 1.54) is 17.5 Å². The summed E-state index contributed by atoms with van der Waals surface area (Å²) in [6.45, 7) is 4.42. The summed E-state index contributed by atoms with van der Waals surface area (Å²) in [5.74, 6) is 0. The highest BCUT2D eigenvalue weighted by Gasteiger charge is 2.25. The van der Waals surface area contributed by atoms with Gasteiger partial charge in [-0.25, -0.2) is 4.68 Å². The molecular weight excluding hydrogens is 276 g/mol. The minimum absolute atomic E-state index is 0.208. The van der Waals surface area contributed by atoms with Crippen LogP contribution in [0.1, 0.15) is 32.6 Å². The van der Waals surface area contributed by atoms with Crippen molar-refractivity contribution < 1.29 is 0 Å². The molecule has 0 amide bonds. The molecule has 2 rings (SSSR count).